The minimum atomic E-state index is -1.12. The summed E-state index contributed by atoms with van der Waals surface area (Å²) in [4.78, 5) is 22.0. The van der Waals surface area contributed by atoms with Crippen molar-refractivity contribution in [2.24, 2.45) is 23.2 Å². The van der Waals surface area contributed by atoms with Crippen LogP contribution in [0.25, 0.3) is 0 Å². The number of amides is 4. The number of urea groups is 2. The lowest BCUT2D eigenvalue weighted by atomic mass is 10.1. The van der Waals surface area contributed by atoms with Crippen LogP contribution in [0.4, 0.5) is 25.4 Å². The first kappa shape index (κ1) is 14.2. The third-order valence-corrected chi connectivity index (χ3v) is 2.18. The van der Waals surface area contributed by atoms with Gasteiger partial charge in [0.1, 0.15) is 11.9 Å². The normalized spacial score (nSPS) is 9.58. The zero-order valence-corrected chi connectivity index (χ0v) is 9.50. The largest absolute Gasteiger partial charge is 0.350 e. The molecule has 1 rings (SSSR count). The highest BCUT2D eigenvalue weighted by atomic mass is 19.1. The molecule has 9 nitrogen and oxygen atoms in total. The van der Waals surface area contributed by atoms with E-state index in [0.29, 0.717) is 10.0 Å². The molecule has 4 amide bonds. The van der Waals surface area contributed by atoms with Crippen LogP contribution < -0.4 is 33.2 Å². The number of primary amides is 2. The molecule has 0 aliphatic carbocycles. The molecule has 10 heteroatoms. The number of hydrogen-bond acceptors (Lipinski definition) is 5. The molecule has 0 aliphatic heterocycles. The quantitative estimate of drug-likeness (QED) is 0.312. The number of anilines is 2. The fraction of sp³-hybridized carbons (Fsp3) is 0. The second-order valence-corrected chi connectivity index (χ2v) is 3.35. The summed E-state index contributed by atoms with van der Waals surface area (Å²) in [6, 6.07) is 0.968. The van der Waals surface area contributed by atoms with E-state index in [1.54, 1.807) is 0 Å². The van der Waals surface area contributed by atoms with Gasteiger partial charge in [-0.1, -0.05) is 0 Å². The summed E-state index contributed by atoms with van der Waals surface area (Å²) < 4.78 is 13.5. The van der Waals surface area contributed by atoms with E-state index in [9.17, 15) is 14.0 Å². The van der Waals surface area contributed by atoms with Crippen molar-refractivity contribution in [1.29, 1.82) is 5.26 Å². The third kappa shape index (κ3) is 2.68. The first-order chi connectivity index (χ1) is 8.79. The van der Waals surface area contributed by atoms with Gasteiger partial charge in [0.05, 0.1) is 16.9 Å². The monoisotopic (exact) mass is 267 g/mol. The molecule has 0 unspecified atom stereocenters. The number of carbonyl (C=O) groups is 2. The van der Waals surface area contributed by atoms with Crippen LogP contribution in [-0.4, -0.2) is 12.1 Å². The summed E-state index contributed by atoms with van der Waals surface area (Å²) in [5.41, 5.74) is 8.92. The van der Waals surface area contributed by atoms with E-state index >= 15 is 0 Å². The zero-order chi connectivity index (χ0) is 14.7. The maximum Gasteiger partial charge on any atom is 0.333 e. The summed E-state index contributed by atoms with van der Waals surface area (Å²) in [5.74, 6) is 9.69. The maximum atomic E-state index is 13.5. The van der Waals surface area contributed by atoms with Gasteiger partial charge in [-0.2, -0.15) is 5.26 Å². The predicted octanol–water partition coefficient (Wildman–Crippen LogP) is -0.785. The average molecular weight is 267 g/mol. The van der Waals surface area contributed by atoms with Gasteiger partial charge >= 0.3 is 12.1 Å². The molecular weight excluding hydrogens is 257 g/mol. The molecule has 1 aromatic rings. The van der Waals surface area contributed by atoms with Crippen molar-refractivity contribution in [3.05, 3.63) is 23.5 Å². The fourth-order valence-corrected chi connectivity index (χ4v) is 1.26. The smallest absolute Gasteiger partial charge is 0.333 e. The highest BCUT2D eigenvalue weighted by Gasteiger charge is 2.21. The summed E-state index contributed by atoms with van der Waals surface area (Å²) >= 11 is 0. The van der Waals surface area contributed by atoms with Crippen molar-refractivity contribution in [3.8, 4) is 6.07 Å². The fourth-order valence-electron chi connectivity index (χ4n) is 1.26. The van der Waals surface area contributed by atoms with E-state index in [-0.39, 0.29) is 11.4 Å². The molecule has 100 valence electrons. The number of nitriles is 1. The summed E-state index contributed by atoms with van der Waals surface area (Å²) in [7, 11) is 0. The van der Waals surface area contributed by atoms with E-state index in [4.69, 9.17) is 28.4 Å². The highest BCUT2D eigenvalue weighted by molar-refractivity contribution is 5.99. The van der Waals surface area contributed by atoms with Crippen molar-refractivity contribution in [2.45, 2.75) is 0 Å². The number of hydrogen-bond donors (Lipinski definition) is 4. The molecule has 8 N–H and O–H groups in total. The summed E-state index contributed by atoms with van der Waals surface area (Å²) in [6.07, 6.45) is 0. The number of nitrogens with zero attached hydrogens (tertiary/aromatic N) is 3. The second kappa shape index (κ2) is 5.17. The van der Waals surface area contributed by atoms with Crippen molar-refractivity contribution in [1.82, 2.24) is 0 Å². The Bertz CT molecular complexity index is 583. The van der Waals surface area contributed by atoms with Gasteiger partial charge in [0.25, 0.3) is 0 Å². The van der Waals surface area contributed by atoms with E-state index in [1.165, 1.54) is 6.07 Å². The van der Waals surface area contributed by atoms with Crippen LogP contribution in [0.3, 0.4) is 0 Å². The Balaban J connectivity index is 3.52. The van der Waals surface area contributed by atoms with Crippen LogP contribution in [0, 0.1) is 17.1 Å². The third-order valence-electron chi connectivity index (χ3n) is 2.18. The first-order valence-electron chi connectivity index (χ1n) is 4.71. The SMILES string of the molecule is N#Cc1cc(N(N)C(N)=O)c(N(N)C(N)=O)cc1F. The van der Waals surface area contributed by atoms with Gasteiger partial charge < -0.3 is 11.5 Å². The second-order valence-electron chi connectivity index (χ2n) is 3.35. The Morgan fingerprint density at radius 1 is 1.11 bits per heavy atom. The summed E-state index contributed by atoms with van der Waals surface area (Å²) in [6.45, 7) is 0. The highest BCUT2D eigenvalue weighted by Crippen LogP contribution is 2.29. The molecule has 0 heterocycles. The molecule has 0 spiro atoms. The van der Waals surface area contributed by atoms with E-state index < -0.39 is 23.4 Å². The van der Waals surface area contributed by atoms with Gasteiger partial charge in [-0.05, 0) is 6.07 Å². The maximum absolute atomic E-state index is 13.5. The molecule has 0 aliphatic rings. The number of carbonyl (C=O) groups excluding carboxylic acids is 2. The van der Waals surface area contributed by atoms with Crippen LogP contribution in [0.5, 0.6) is 0 Å². The van der Waals surface area contributed by atoms with E-state index in [1.807, 2.05) is 0 Å². The average Bonchev–Trinajstić information content (AvgIpc) is 2.36. The molecule has 0 bridgehead atoms. The molecular formula is C9H10FN7O2. The Morgan fingerprint density at radius 2 is 1.53 bits per heavy atom. The molecule has 0 aromatic heterocycles. The molecule has 0 fully saturated rings. The zero-order valence-electron chi connectivity index (χ0n) is 9.50. The summed E-state index contributed by atoms with van der Waals surface area (Å²) in [5, 5.41) is 9.46. The lowest BCUT2D eigenvalue weighted by molar-refractivity contribution is 0.252. The topological polar surface area (TPSA) is 168 Å². The minimum absolute atomic E-state index is 0.244. The van der Waals surface area contributed by atoms with Crippen LogP contribution in [0.15, 0.2) is 12.1 Å². The minimum Gasteiger partial charge on any atom is -0.350 e. The lowest BCUT2D eigenvalue weighted by Crippen LogP contribution is -2.46. The molecule has 0 atom stereocenters. The molecule has 0 radical (unpaired) electrons. The lowest BCUT2D eigenvalue weighted by Gasteiger charge is -2.22. The first-order valence-corrected chi connectivity index (χ1v) is 4.71. The van der Waals surface area contributed by atoms with E-state index in [2.05, 4.69) is 0 Å². The predicted molar refractivity (Wildman–Crippen MR) is 63.6 cm³/mol. The van der Waals surface area contributed by atoms with Crippen LogP contribution >= 0.6 is 0 Å². The van der Waals surface area contributed by atoms with Crippen molar-refractivity contribution in [3.63, 3.8) is 0 Å². The van der Waals surface area contributed by atoms with Crippen LogP contribution in [-0.2, 0) is 0 Å². The molecule has 0 saturated carbocycles. The Kier molecular flexibility index (Phi) is 3.85. The Hall–Kier alpha value is -2.90. The Labute approximate surface area is 106 Å². The van der Waals surface area contributed by atoms with Gasteiger partial charge in [-0.15, -0.1) is 0 Å². The molecule has 0 saturated heterocycles. The van der Waals surface area contributed by atoms with Crippen molar-refractivity contribution in [2.75, 3.05) is 10.0 Å². The van der Waals surface area contributed by atoms with Crippen LogP contribution in [0.2, 0.25) is 0 Å². The molecule has 19 heavy (non-hydrogen) atoms. The van der Waals surface area contributed by atoms with Gasteiger partial charge in [0.15, 0.2) is 0 Å². The van der Waals surface area contributed by atoms with E-state index in [0.717, 1.165) is 12.1 Å². The van der Waals surface area contributed by atoms with Crippen LogP contribution in [0.1, 0.15) is 5.56 Å². The van der Waals surface area contributed by atoms with Gasteiger partial charge in [-0.25, -0.2) is 35.7 Å². The Morgan fingerprint density at radius 3 is 1.89 bits per heavy atom. The molecule has 1 aromatic carbocycles. The number of rotatable bonds is 2. The van der Waals surface area contributed by atoms with Gasteiger partial charge in [0.2, 0.25) is 0 Å². The number of hydrazine groups is 2. The van der Waals surface area contributed by atoms with Crippen molar-refractivity contribution >= 4 is 23.4 Å². The number of nitrogens with two attached hydrogens (primary N) is 4. The number of halogens is 1. The van der Waals surface area contributed by atoms with Gasteiger partial charge in [-0.3, -0.25) is 0 Å². The van der Waals surface area contributed by atoms with Gasteiger partial charge in [0, 0.05) is 6.07 Å². The van der Waals surface area contributed by atoms with Crippen molar-refractivity contribution < 1.29 is 14.0 Å². The number of benzene rings is 1. The standard InChI is InChI=1S/C9H10FN7O2/c10-5-2-7(17(15)9(13)19)6(1-4(5)3-11)16(14)8(12)18/h1-2H,14-15H2,(H2,12,18)(H2,13,19).